The molecule has 90 valence electrons. The molecule has 1 N–H and O–H groups in total. The van der Waals surface area contributed by atoms with Crippen molar-refractivity contribution >= 4 is 5.97 Å². The van der Waals surface area contributed by atoms with Crippen LogP contribution >= 0.6 is 0 Å². The molecule has 1 aromatic rings. The first-order chi connectivity index (χ1) is 7.99. The van der Waals surface area contributed by atoms with Crippen LogP contribution in [0.3, 0.4) is 0 Å². The molecule has 0 saturated carbocycles. The number of ether oxygens (including phenoxy) is 1. The lowest BCUT2D eigenvalue weighted by molar-refractivity contribution is -0.139. The fraction of sp³-hybridized carbons (Fsp3) is 0.300. The van der Waals surface area contributed by atoms with Gasteiger partial charge in [-0.15, -0.1) is 0 Å². The van der Waals surface area contributed by atoms with Gasteiger partial charge in [-0.05, 0) is 0 Å². The zero-order valence-electron chi connectivity index (χ0n) is 8.79. The Morgan fingerprint density at radius 1 is 1.65 bits per heavy atom. The van der Waals surface area contributed by atoms with Crippen LogP contribution in [0.15, 0.2) is 10.9 Å². The van der Waals surface area contributed by atoms with E-state index in [2.05, 4.69) is 9.72 Å². The van der Waals surface area contributed by atoms with E-state index in [1.54, 1.807) is 6.07 Å². The van der Waals surface area contributed by atoms with Crippen molar-refractivity contribution in [3.8, 4) is 6.07 Å². The minimum atomic E-state index is -2.89. The van der Waals surface area contributed by atoms with E-state index < -0.39 is 29.9 Å². The Hall–Kier alpha value is -2.23. The monoisotopic (exact) mass is 242 g/mol. The number of methoxy groups -OCH3 is 1. The zero-order valence-corrected chi connectivity index (χ0v) is 8.79. The lowest BCUT2D eigenvalue weighted by Crippen LogP contribution is -2.18. The molecule has 0 bridgehead atoms. The van der Waals surface area contributed by atoms with Gasteiger partial charge in [-0.25, -0.2) is 8.78 Å². The van der Waals surface area contributed by atoms with Crippen molar-refractivity contribution in [1.82, 2.24) is 4.98 Å². The van der Waals surface area contributed by atoms with Gasteiger partial charge in [0.05, 0.1) is 19.2 Å². The molecule has 0 aliphatic rings. The number of carbonyl (C=O) groups is 1. The molecule has 0 aliphatic heterocycles. The van der Waals surface area contributed by atoms with E-state index in [1.165, 1.54) is 0 Å². The summed E-state index contributed by atoms with van der Waals surface area (Å²) in [7, 11) is 1.12. The number of esters is 1. The van der Waals surface area contributed by atoms with E-state index in [1.807, 2.05) is 0 Å². The third-order valence-electron chi connectivity index (χ3n) is 2.05. The molecule has 1 rings (SSSR count). The number of nitrogens with zero attached hydrogens (tertiary/aromatic N) is 1. The topological polar surface area (TPSA) is 82.9 Å². The van der Waals surface area contributed by atoms with E-state index in [-0.39, 0.29) is 11.3 Å². The van der Waals surface area contributed by atoms with Gasteiger partial charge in [0, 0.05) is 11.6 Å². The highest BCUT2D eigenvalue weighted by Crippen LogP contribution is 2.16. The lowest BCUT2D eigenvalue weighted by Gasteiger charge is -2.05. The van der Waals surface area contributed by atoms with Crippen LogP contribution in [0.25, 0.3) is 0 Å². The van der Waals surface area contributed by atoms with Crippen LogP contribution in [-0.2, 0) is 16.0 Å². The summed E-state index contributed by atoms with van der Waals surface area (Å²) in [5.41, 5.74) is -1.97. The highest BCUT2D eigenvalue weighted by molar-refractivity contribution is 5.73. The standard InChI is InChI=1S/C10H8F2N2O3/c1-17-9(16)2-5-7(4-13)14-6(10(11)12)3-8(5)15/h3,10H,2H2,1H3,(H,14,15). The molecule has 0 unspecified atom stereocenters. The summed E-state index contributed by atoms with van der Waals surface area (Å²) >= 11 is 0. The van der Waals surface area contributed by atoms with E-state index >= 15 is 0 Å². The SMILES string of the molecule is COC(=O)Cc1c(C#N)[nH]c(C(F)F)cc1=O. The van der Waals surface area contributed by atoms with E-state index in [4.69, 9.17) is 5.26 Å². The second kappa shape index (κ2) is 5.21. The van der Waals surface area contributed by atoms with E-state index in [0.29, 0.717) is 6.07 Å². The number of aromatic amines is 1. The first-order valence-corrected chi connectivity index (χ1v) is 4.50. The average molecular weight is 242 g/mol. The Morgan fingerprint density at radius 3 is 2.76 bits per heavy atom. The highest BCUT2D eigenvalue weighted by Gasteiger charge is 2.17. The van der Waals surface area contributed by atoms with Crippen molar-refractivity contribution in [3.63, 3.8) is 0 Å². The summed E-state index contributed by atoms with van der Waals surface area (Å²) in [4.78, 5) is 24.6. The second-order valence-corrected chi connectivity index (χ2v) is 3.11. The van der Waals surface area contributed by atoms with Gasteiger partial charge in [0.2, 0.25) is 0 Å². The van der Waals surface area contributed by atoms with E-state index in [0.717, 1.165) is 7.11 Å². The predicted octanol–water partition coefficient (Wildman–Crippen LogP) is 0.900. The summed E-state index contributed by atoms with van der Waals surface area (Å²) < 4.78 is 29.0. The smallest absolute Gasteiger partial charge is 0.310 e. The summed E-state index contributed by atoms with van der Waals surface area (Å²) in [6.07, 6.45) is -3.32. The molecular formula is C10H8F2N2O3. The molecule has 0 aliphatic carbocycles. The Morgan fingerprint density at radius 2 is 2.29 bits per heavy atom. The Kier molecular flexibility index (Phi) is 3.93. The second-order valence-electron chi connectivity index (χ2n) is 3.11. The average Bonchev–Trinajstić information content (AvgIpc) is 2.30. The third kappa shape index (κ3) is 2.87. The molecule has 0 radical (unpaired) electrons. The van der Waals surface area contributed by atoms with Crippen LogP contribution in [-0.4, -0.2) is 18.1 Å². The minimum Gasteiger partial charge on any atom is -0.469 e. The van der Waals surface area contributed by atoms with Gasteiger partial charge in [-0.2, -0.15) is 5.26 Å². The number of hydrogen-bond donors (Lipinski definition) is 1. The maximum absolute atomic E-state index is 12.4. The molecule has 5 nitrogen and oxygen atoms in total. The maximum atomic E-state index is 12.4. The first kappa shape index (κ1) is 12.8. The molecule has 17 heavy (non-hydrogen) atoms. The summed E-state index contributed by atoms with van der Waals surface area (Å²) in [5, 5.41) is 8.72. The number of rotatable bonds is 3. The quantitative estimate of drug-likeness (QED) is 0.798. The highest BCUT2D eigenvalue weighted by atomic mass is 19.3. The number of nitriles is 1. The molecule has 0 saturated heterocycles. The summed E-state index contributed by atoms with van der Waals surface area (Å²) in [5.74, 6) is -0.725. The van der Waals surface area contributed by atoms with Gasteiger partial charge in [-0.3, -0.25) is 9.59 Å². The molecule has 0 spiro atoms. The Bertz CT molecular complexity index is 531. The molecule has 0 fully saturated rings. The van der Waals surface area contributed by atoms with Crippen molar-refractivity contribution in [2.24, 2.45) is 0 Å². The number of pyridine rings is 1. The summed E-state index contributed by atoms with van der Waals surface area (Å²) in [6.45, 7) is 0. The Labute approximate surface area is 94.6 Å². The number of aromatic nitrogens is 1. The zero-order chi connectivity index (χ0) is 13.0. The molecule has 0 aromatic carbocycles. The first-order valence-electron chi connectivity index (χ1n) is 4.50. The number of alkyl halides is 2. The predicted molar refractivity (Wildman–Crippen MR) is 52.5 cm³/mol. The van der Waals surface area contributed by atoms with Gasteiger partial charge in [0.1, 0.15) is 11.8 Å². The van der Waals surface area contributed by atoms with Gasteiger partial charge < -0.3 is 9.72 Å². The van der Waals surface area contributed by atoms with Crippen molar-refractivity contribution in [3.05, 3.63) is 33.2 Å². The molecule has 0 atom stereocenters. The van der Waals surface area contributed by atoms with Crippen LogP contribution in [0.5, 0.6) is 0 Å². The molecule has 0 amide bonds. The van der Waals surface area contributed by atoms with Crippen LogP contribution in [0.1, 0.15) is 23.4 Å². The number of carbonyl (C=O) groups excluding carboxylic acids is 1. The van der Waals surface area contributed by atoms with Crippen molar-refractivity contribution in [2.45, 2.75) is 12.8 Å². The minimum absolute atomic E-state index is 0.177. The fourth-order valence-electron chi connectivity index (χ4n) is 1.21. The number of nitrogens with one attached hydrogen (secondary N) is 1. The van der Waals surface area contributed by atoms with Crippen LogP contribution in [0.4, 0.5) is 8.78 Å². The van der Waals surface area contributed by atoms with Gasteiger partial charge in [-0.1, -0.05) is 0 Å². The maximum Gasteiger partial charge on any atom is 0.310 e. The van der Waals surface area contributed by atoms with Crippen molar-refractivity contribution in [2.75, 3.05) is 7.11 Å². The van der Waals surface area contributed by atoms with Gasteiger partial charge in [0.15, 0.2) is 5.43 Å². The third-order valence-corrected chi connectivity index (χ3v) is 2.05. The van der Waals surface area contributed by atoms with Gasteiger partial charge in [0.25, 0.3) is 6.43 Å². The van der Waals surface area contributed by atoms with Crippen LogP contribution < -0.4 is 5.43 Å². The van der Waals surface area contributed by atoms with E-state index in [9.17, 15) is 18.4 Å². The largest absolute Gasteiger partial charge is 0.469 e. The molecule has 1 aromatic heterocycles. The Balaban J connectivity index is 3.28. The normalized spacial score (nSPS) is 10.1. The molecule has 1 heterocycles. The van der Waals surface area contributed by atoms with Crippen LogP contribution in [0, 0.1) is 11.3 Å². The number of hydrogen-bond acceptors (Lipinski definition) is 4. The number of H-pyrrole nitrogens is 1. The summed E-state index contributed by atoms with van der Waals surface area (Å²) in [6, 6.07) is 2.23. The fourth-order valence-corrected chi connectivity index (χ4v) is 1.21. The van der Waals surface area contributed by atoms with Crippen molar-refractivity contribution < 1.29 is 18.3 Å². The lowest BCUT2D eigenvalue weighted by atomic mass is 10.1. The number of halogens is 2. The molecular weight excluding hydrogens is 234 g/mol. The van der Waals surface area contributed by atoms with Gasteiger partial charge >= 0.3 is 5.97 Å². The molecule has 7 heteroatoms. The van der Waals surface area contributed by atoms with Crippen molar-refractivity contribution in [1.29, 1.82) is 5.26 Å². The van der Waals surface area contributed by atoms with Crippen LogP contribution in [0.2, 0.25) is 0 Å².